The zero-order valence-corrected chi connectivity index (χ0v) is 13.0. The second-order valence-corrected chi connectivity index (χ2v) is 5.85. The number of nitrogen functional groups attached to an aromatic ring is 1. The van der Waals surface area contributed by atoms with Crippen LogP contribution in [0.25, 0.3) is 0 Å². The number of halogens is 4. The van der Waals surface area contributed by atoms with E-state index in [9.17, 15) is 13.2 Å². The van der Waals surface area contributed by atoms with Crippen molar-refractivity contribution in [2.75, 3.05) is 17.7 Å². The highest BCUT2D eigenvalue weighted by Gasteiger charge is 2.45. The lowest BCUT2D eigenvalue weighted by atomic mass is 10.1. The highest BCUT2D eigenvalue weighted by molar-refractivity contribution is 6.30. The maximum atomic E-state index is 12.2. The summed E-state index contributed by atoms with van der Waals surface area (Å²) in [5, 5.41) is 3.71. The number of nitrogens with two attached hydrogens (primary N) is 1. The Kier molecular flexibility index (Phi) is 4.12. The second-order valence-electron chi connectivity index (χ2n) is 5.42. The number of hydrogen-bond donors (Lipinski definition) is 2. The van der Waals surface area contributed by atoms with Gasteiger partial charge in [0.2, 0.25) is 11.9 Å². The summed E-state index contributed by atoms with van der Waals surface area (Å²) < 4.78 is 41.2. The molecule has 10 heteroatoms. The zero-order valence-electron chi connectivity index (χ0n) is 12.3. The second kappa shape index (κ2) is 5.97. The summed E-state index contributed by atoms with van der Waals surface area (Å²) in [7, 11) is 0. The molecule has 1 aliphatic carbocycles. The van der Waals surface area contributed by atoms with Gasteiger partial charge in [-0.1, -0.05) is 23.7 Å². The van der Waals surface area contributed by atoms with E-state index in [0.29, 0.717) is 5.02 Å². The first-order valence-corrected chi connectivity index (χ1v) is 7.39. The van der Waals surface area contributed by atoms with E-state index in [4.69, 9.17) is 17.3 Å². The Hall–Kier alpha value is -2.29. The van der Waals surface area contributed by atoms with E-state index < -0.39 is 18.8 Å². The predicted molar refractivity (Wildman–Crippen MR) is 81.8 cm³/mol. The van der Waals surface area contributed by atoms with Crippen molar-refractivity contribution >= 4 is 23.5 Å². The van der Waals surface area contributed by atoms with Crippen molar-refractivity contribution < 1.29 is 17.9 Å². The Labute approximate surface area is 140 Å². The van der Waals surface area contributed by atoms with Gasteiger partial charge in [0.1, 0.15) is 0 Å². The third-order valence-corrected chi connectivity index (χ3v) is 3.75. The number of nitrogens with zero attached hydrogens (tertiary/aromatic N) is 3. The molecule has 0 radical (unpaired) electrons. The number of ether oxygens (including phenoxy) is 1. The Morgan fingerprint density at radius 1 is 1.17 bits per heavy atom. The Morgan fingerprint density at radius 2 is 1.83 bits per heavy atom. The van der Waals surface area contributed by atoms with Crippen LogP contribution in [0.5, 0.6) is 6.01 Å². The monoisotopic (exact) mass is 359 g/mol. The van der Waals surface area contributed by atoms with Crippen LogP contribution < -0.4 is 15.8 Å². The van der Waals surface area contributed by atoms with E-state index in [0.717, 1.165) is 18.4 Å². The highest BCUT2D eigenvalue weighted by Crippen LogP contribution is 2.48. The van der Waals surface area contributed by atoms with Gasteiger partial charge >= 0.3 is 12.2 Å². The van der Waals surface area contributed by atoms with Crippen LogP contribution in [0.2, 0.25) is 5.02 Å². The van der Waals surface area contributed by atoms with Gasteiger partial charge in [0.15, 0.2) is 6.61 Å². The first-order chi connectivity index (χ1) is 11.3. The number of anilines is 2. The molecule has 1 aromatic heterocycles. The molecule has 1 aromatic carbocycles. The van der Waals surface area contributed by atoms with E-state index in [1.165, 1.54) is 0 Å². The summed E-state index contributed by atoms with van der Waals surface area (Å²) in [6.07, 6.45) is -2.85. The van der Waals surface area contributed by atoms with Gasteiger partial charge < -0.3 is 15.8 Å². The quantitative estimate of drug-likeness (QED) is 0.853. The van der Waals surface area contributed by atoms with Crippen LogP contribution in [0.4, 0.5) is 25.1 Å². The van der Waals surface area contributed by atoms with E-state index in [1.54, 1.807) is 12.1 Å². The zero-order chi connectivity index (χ0) is 17.4. The Bertz CT molecular complexity index is 734. The fourth-order valence-corrected chi connectivity index (χ4v) is 2.36. The molecule has 0 atom stereocenters. The molecule has 1 fully saturated rings. The Balaban J connectivity index is 1.77. The molecule has 1 saturated carbocycles. The van der Waals surface area contributed by atoms with Crippen molar-refractivity contribution in [1.29, 1.82) is 0 Å². The number of benzene rings is 1. The van der Waals surface area contributed by atoms with E-state index in [2.05, 4.69) is 25.0 Å². The summed E-state index contributed by atoms with van der Waals surface area (Å²) in [4.78, 5) is 11.3. The Morgan fingerprint density at radius 3 is 2.42 bits per heavy atom. The van der Waals surface area contributed by atoms with Crippen LogP contribution in [-0.4, -0.2) is 27.7 Å². The van der Waals surface area contributed by atoms with Gasteiger partial charge in [-0.2, -0.15) is 28.1 Å². The topological polar surface area (TPSA) is 86.0 Å². The molecule has 24 heavy (non-hydrogen) atoms. The SMILES string of the molecule is Nc1nc(NC2(c3ccc(Cl)cc3)CC2)nc(OCC(F)(F)F)n1. The van der Waals surface area contributed by atoms with Crippen molar-refractivity contribution in [3.05, 3.63) is 34.9 Å². The molecule has 0 spiro atoms. The van der Waals surface area contributed by atoms with E-state index in [-0.39, 0.29) is 17.4 Å². The number of rotatable bonds is 5. The maximum absolute atomic E-state index is 12.2. The molecule has 0 aliphatic heterocycles. The molecule has 1 aliphatic rings. The van der Waals surface area contributed by atoms with Crippen molar-refractivity contribution in [1.82, 2.24) is 15.0 Å². The van der Waals surface area contributed by atoms with Crippen LogP contribution in [0, 0.1) is 0 Å². The standard InChI is InChI=1S/C14H13ClF3N5O/c15-9-3-1-8(2-4-9)13(5-6-13)23-11-20-10(19)21-12(22-11)24-7-14(16,17)18/h1-4H,5-7H2,(H3,19,20,21,22,23). The molecule has 2 aromatic rings. The minimum absolute atomic E-state index is 0.0622. The minimum Gasteiger partial charge on any atom is -0.454 e. The minimum atomic E-state index is -4.49. The van der Waals surface area contributed by atoms with Gasteiger partial charge in [-0.25, -0.2) is 0 Å². The number of alkyl halides is 3. The summed E-state index contributed by atoms with van der Waals surface area (Å²) in [6, 6.07) is 6.78. The van der Waals surface area contributed by atoms with Gasteiger partial charge in [-0.3, -0.25) is 0 Å². The van der Waals surface area contributed by atoms with Gasteiger partial charge in [0.25, 0.3) is 0 Å². The van der Waals surface area contributed by atoms with Crippen LogP contribution in [0.3, 0.4) is 0 Å². The summed E-state index contributed by atoms with van der Waals surface area (Å²) in [5.74, 6) is -0.163. The molecule has 0 unspecified atom stereocenters. The van der Waals surface area contributed by atoms with Crippen LogP contribution >= 0.6 is 11.6 Å². The fraction of sp³-hybridized carbons (Fsp3) is 0.357. The molecule has 1 heterocycles. The van der Waals surface area contributed by atoms with Crippen LogP contribution in [-0.2, 0) is 5.54 Å². The summed E-state index contributed by atoms with van der Waals surface area (Å²) in [6.45, 7) is -1.50. The third-order valence-electron chi connectivity index (χ3n) is 3.50. The first-order valence-electron chi connectivity index (χ1n) is 7.01. The molecule has 0 amide bonds. The number of hydrogen-bond acceptors (Lipinski definition) is 6. The molecule has 3 N–H and O–H groups in total. The molecule has 3 rings (SSSR count). The molecule has 0 saturated heterocycles. The number of nitrogens with one attached hydrogen (secondary N) is 1. The van der Waals surface area contributed by atoms with Gasteiger partial charge in [0.05, 0.1) is 5.54 Å². The predicted octanol–water partition coefficient (Wildman–Crippen LogP) is 3.15. The maximum Gasteiger partial charge on any atom is 0.422 e. The largest absolute Gasteiger partial charge is 0.454 e. The fourth-order valence-electron chi connectivity index (χ4n) is 2.23. The summed E-state index contributed by atoms with van der Waals surface area (Å²) in [5.41, 5.74) is 6.10. The molecule has 6 nitrogen and oxygen atoms in total. The van der Waals surface area contributed by atoms with E-state index in [1.807, 2.05) is 12.1 Å². The normalized spacial score (nSPS) is 15.8. The average Bonchev–Trinajstić information content (AvgIpc) is 3.25. The lowest BCUT2D eigenvalue weighted by Crippen LogP contribution is -2.23. The lowest BCUT2D eigenvalue weighted by molar-refractivity contribution is -0.154. The number of aromatic nitrogens is 3. The van der Waals surface area contributed by atoms with Gasteiger partial charge in [0, 0.05) is 5.02 Å². The van der Waals surface area contributed by atoms with Crippen LogP contribution in [0.15, 0.2) is 24.3 Å². The van der Waals surface area contributed by atoms with Crippen molar-refractivity contribution in [2.45, 2.75) is 24.6 Å². The van der Waals surface area contributed by atoms with Crippen molar-refractivity contribution in [2.24, 2.45) is 0 Å². The van der Waals surface area contributed by atoms with Gasteiger partial charge in [-0.15, -0.1) is 0 Å². The smallest absolute Gasteiger partial charge is 0.422 e. The van der Waals surface area contributed by atoms with Crippen LogP contribution in [0.1, 0.15) is 18.4 Å². The highest BCUT2D eigenvalue weighted by atomic mass is 35.5. The average molecular weight is 360 g/mol. The molecule has 0 bridgehead atoms. The first kappa shape index (κ1) is 16.6. The molecular formula is C14H13ClF3N5O. The van der Waals surface area contributed by atoms with Gasteiger partial charge in [-0.05, 0) is 30.5 Å². The van der Waals surface area contributed by atoms with Crippen molar-refractivity contribution in [3.8, 4) is 6.01 Å². The molecular weight excluding hydrogens is 347 g/mol. The summed E-state index contributed by atoms with van der Waals surface area (Å²) >= 11 is 5.88. The van der Waals surface area contributed by atoms with Crippen molar-refractivity contribution in [3.63, 3.8) is 0 Å². The van der Waals surface area contributed by atoms with E-state index >= 15 is 0 Å². The third kappa shape index (κ3) is 3.97. The lowest BCUT2D eigenvalue weighted by Gasteiger charge is -2.18. The molecule has 128 valence electrons.